The molecule has 1 N–H and O–H groups in total. The molecule has 0 bridgehead atoms. The molecule has 0 spiro atoms. The largest absolute Gasteiger partial charge is 0.444 e. The predicted octanol–water partition coefficient (Wildman–Crippen LogP) is 1.71. The monoisotopic (exact) mass is 270 g/mol. The van der Waals surface area contributed by atoms with Gasteiger partial charge in [-0.05, 0) is 31.2 Å². The molecule has 0 saturated carbocycles. The summed E-state index contributed by atoms with van der Waals surface area (Å²) >= 11 is 0. The summed E-state index contributed by atoms with van der Waals surface area (Å²) in [7, 11) is 0. The van der Waals surface area contributed by atoms with Crippen molar-refractivity contribution in [2.45, 2.75) is 44.1 Å². The first-order valence-corrected chi connectivity index (χ1v) is 6.51. The lowest BCUT2D eigenvalue weighted by molar-refractivity contribution is -0.167. The Balaban J connectivity index is 1.75. The van der Waals surface area contributed by atoms with E-state index in [-0.39, 0.29) is 18.4 Å². The second kappa shape index (κ2) is 7.18. The number of nitrogens with one attached hydrogen (secondary N) is 1. The molecule has 1 amide bonds. The van der Waals surface area contributed by atoms with E-state index in [1.54, 1.807) is 0 Å². The standard InChI is InChI=1S/C11H18N4O4/c12-15-13-5-4-9-8(14-11(16)19-9)7-18-10-3-1-2-6-17-10/h8-10H,1-7H2,(H,14,16)/t8-,9-,10?/m1/s1. The zero-order chi connectivity index (χ0) is 13.5. The maximum atomic E-state index is 11.2. The smallest absolute Gasteiger partial charge is 0.407 e. The highest BCUT2D eigenvalue weighted by molar-refractivity contribution is 5.70. The third kappa shape index (κ3) is 4.27. The lowest BCUT2D eigenvalue weighted by atomic mass is 10.1. The van der Waals surface area contributed by atoms with Crippen molar-refractivity contribution >= 4 is 6.09 Å². The van der Waals surface area contributed by atoms with Crippen LogP contribution in [0.15, 0.2) is 5.11 Å². The van der Waals surface area contributed by atoms with E-state index in [1.807, 2.05) is 0 Å². The third-order valence-electron chi connectivity index (χ3n) is 3.19. The third-order valence-corrected chi connectivity index (χ3v) is 3.19. The van der Waals surface area contributed by atoms with E-state index in [2.05, 4.69) is 15.3 Å². The Bertz CT molecular complexity index is 353. The minimum atomic E-state index is -0.455. The van der Waals surface area contributed by atoms with Crippen LogP contribution in [0.25, 0.3) is 10.4 Å². The fraction of sp³-hybridized carbons (Fsp3) is 0.909. The molecule has 19 heavy (non-hydrogen) atoms. The van der Waals surface area contributed by atoms with Gasteiger partial charge in [0.25, 0.3) is 0 Å². The van der Waals surface area contributed by atoms with Crippen LogP contribution in [0.2, 0.25) is 0 Å². The quantitative estimate of drug-likeness (QED) is 0.450. The molecule has 2 aliphatic heterocycles. The van der Waals surface area contributed by atoms with Gasteiger partial charge in [0.05, 0.1) is 12.6 Å². The molecule has 0 aromatic rings. The minimum Gasteiger partial charge on any atom is -0.444 e. The van der Waals surface area contributed by atoms with Gasteiger partial charge in [0.15, 0.2) is 6.29 Å². The van der Waals surface area contributed by atoms with Crippen LogP contribution in [0.1, 0.15) is 25.7 Å². The number of carbonyl (C=O) groups excluding carboxylic acids is 1. The minimum absolute atomic E-state index is 0.191. The maximum absolute atomic E-state index is 11.2. The number of azide groups is 1. The van der Waals surface area contributed by atoms with Crippen LogP contribution < -0.4 is 5.32 Å². The van der Waals surface area contributed by atoms with E-state index in [0.717, 1.165) is 25.9 Å². The van der Waals surface area contributed by atoms with Crippen molar-refractivity contribution in [2.24, 2.45) is 5.11 Å². The molecule has 0 aromatic carbocycles. The molecule has 0 aromatic heterocycles. The summed E-state index contributed by atoms with van der Waals surface area (Å²) in [6.45, 7) is 1.36. The fourth-order valence-electron chi connectivity index (χ4n) is 2.19. The second-order valence-corrected chi connectivity index (χ2v) is 4.57. The number of hydrogen-bond donors (Lipinski definition) is 1. The highest BCUT2D eigenvalue weighted by atomic mass is 16.7. The normalized spacial score (nSPS) is 30.3. The number of ether oxygens (including phenoxy) is 3. The summed E-state index contributed by atoms with van der Waals surface area (Å²) in [5.41, 5.74) is 8.23. The highest BCUT2D eigenvalue weighted by Gasteiger charge is 2.34. The lowest BCUT2D eigenvalue weighted by Gasteiger charge is -2.25. The lowest BCUT2D eigenvalue weighted by Crippen LogP contribution is -2.38. The van der Waals surface area contributed by atoms with Gasteiger partial charge in [0.2, 0.25) is 0 Å². The predicted molar refractivity (Wildman–Crippen MR) is 65.4 cm³/mol. The first-order chi connectivity index (χ1) is 9.29. The SMILES string of the molecule is [N-]=[N+]=NCC[C@H]1OC(=O)N[C@@H]1COC1CCCCO1. The Morgan fingerprint density at radius 3 is 3.16 bits per heavy atom. The molecule has 0 aliphatic carbocycles. The summed E-state index contributed by atoms with van der Waals surface area (Å²) in [4.78, 5) is 13.9. The molecule has 2 fully saturated rings. The molecule has 0 radical (unpaired) electrons. The van der Waals surface area contributed by atoms with Gasteiger partial charge in [-0.25, -0.2) is 4.79 Å². The molecule has 3 atom stereocenters. The van der Waals surface area contributed by atoms with E-state index in [4.69, 9.17) is 19.7 Å². The van der Waals surface area contributed by atoms with Crippen molar-refractivity contribution in [1.29, 1.82) is 0 Å². The Hall–Kier alpha value is -1.50. The maximum Gasteiger partial charge on any atom is 0.407 e. The number of alkyl carbamates (subject to hydrolysis) is 1. The molecule has 2 saturated heterocycles. The molecular formula is C11H18N4O4. The van der Waals surface area contributed by atoms with Gasteiger partial charge in [-0.1, -0.05) is 5.11 Å². The van der Waals surface area contributed by atoms with Crippen LogP contribution in [0.5, 0.6) is 0 Å². The van der Waals surface area contributed by atoms with Crippen LogP contribution in [0.4, 0.5) is 4.79 Å². The van der Waals surface area contributed by atoms with E-state index < -0.39 is 6.09 Å². The number of amides is 1. The van der Waals surface area contributed by atoms with Gasteiger partial charge in [-0.15, -0.1) is 0 Å². The molecule has 106 valence electrons. The van der Waals surface area contributed by atoms with Crippen LogP contribution in [-0.4, -0.2) is 44.3 Å². The zero-order valence-electron chi connectivity index (χ0n) is 10.7. The van der Waals surface area contributed by atoms with E-state index in [9.17, 15) is 4.79 Å². The first-order valence-electron chi connectivity index (χ1n) is 6.51. The van der Waals surface area contributed by atoms with Crippen molar-refractivity contribution in [3.8, 4) is 0 Å². The summed E-state index contributed by atoms with van der Waals surface area (Å²) < 4.78 is 16.2. The van der Waals surface area contributed by atoms with Crippen molar-refractivity contribution in [2.75, 3.05) is 19.8 Å². The first kappa shape index (κ1) is 13.9. The van der Waals surface area contributed by atoms with Crippen LogP contribution in [0, 0.1) is 0 Å². The average Bonchev–Trinajstić information content (AvgIpc) is 2.78. The Labute approximate surface area is 111 Å². The van der Waals surface area contributed by atoms with E-state index >= 15 is 0 Å². The molecule has 2 heterocycles. The summed E-state index contributed by atoms with van der Waals surface area (Å²) in [5.74, 6) is 0. The van der Waals surface area contributed by atoms with Gasteiger partial charge < -0.3 is 19.5 Å². The molecule has 8 nitrogen and oxygen atoms in total. The average molecular weight is 270 g/mol. The molecule has 8 heteroatoms. The van der Waals surface area contributed by atoms with Crippen LogP contribution in [-0.2, 0) is 14.2 Å². The van der Waals surface area contributed by atoms with Gasteiger partial charge in [-0.2, -0.15) is 0 Å². The van der Waals surface area contributed by atoms with Gasteiger partial charge in [-0.3, -0.25) is 0 Å². The Kier molecular flexibility index (Phi) is 5.26. The van der Waals surface area contributed by atoms with E-state index in [0.29, 0.717) is 19.6 Å². The van der Waals surface area contributed by atoms with Crippen LogP contribution >= 0.6 is 0 Å². The summed E-state index contributed by atoms with van der Waals surface area (Å²) in [6, 6.07) is -0.216. The van der Waals surface area contributed by atoms with Crippen molar-refractivity contribution in [3.63, 3.8) is 0 Å². The van der Waals surface area contributed by atoms with E-state index in [1.165, 1.54) is 0 Å². The Morgan fingerprint density at radius 1 is 1.53 bits per heavy atom. The Morgan fingerprint density at radius 2 is 2.42 bits per heavy atom. The van der Waals surface area contributed by atoms with Gasteiger partial charge in [0, 0.05) is 18.1 Å². The van der Waals surface area contributed by atoms with Crippen molar-refractivity contribution in [1.82, 2.24) is 5.32 Å². The number of rotatable bonds is 6. The highest BCUT2D eigenvalue weighted by Crippen LogP contribution is 2.17. The molecule has 1 unspecified atom stereocenters. The topological polar surface area (TPSA) is 106 Å². The number of carbonyl (C=O) groups is 1. The molecular weight excluding hydrogens is 252 g/mol. The van der Waals surface area contributed by atoms with Crippen LogP contribution in [0.3, 0.4) is 0 Å². The zero-order valence-corrected chi connectivity index (χ0v) is 10.7. The number of cyclic esters (lactones) is 1. The van der Waals surface area contributed by atoms with Gasteiger partial charge >= 0.3 is 6.09 Å². The van der Waals surface area contributed by atoms with Crippen molar-refractivity contribution < 1.29 is 19.0 Å². The second-order valence-electron chi connectivity index (χ2n) is 4.57. The number of hydrogen-bond acceptors (Lipinski definition) is 5. The van der Waals surface area contributed by atoms with Gasteiger partial charge in [0.1, 0.15) is 6.10 Å². The van der Waals surface area contributed by atoms with Crippen molar-refractivity contribution in [3.05, 3.63) is 10.4 Å². The fourth-order valence-corrected chi connectivity index (χ4v) is 2.19. The molecule has 2 rings (SSSR count). The number of nitrogens with zero attached hydrogens (tertiary/aromatic N) is 3. The molecule has 2 aliphatic rings. The summed E-state index contributed by atoms with van der Waals surface area (Å²) in [5, 5.41) is 6.13. The summed E-state index contributed by atoms with van der Waals surface area (Å²) in [6.07, 6.45) is 2.57.